The Balaban J connectivity index is 2.39. The summed E-state index contributed by atoms with van der Waals surface area (Å²) in [6, 6.07) is 14.3. The Labute approximate surface area is 109 Å². The van der Waals surface area contributed by atoms with E-state index in [2.05, 4.69) is 0 Å². The average Bonchev–Trinajstić information content (AvgIpc) is 2.39. The first-order valence-corrected chi connectivity index (χ1v) is 5.98. The maximum Gasteiger partial charge on any atom is 0.294 e. The molecule has 0 unspecified atom stereocenters. The molecule has 0 fully saturated rings. The highest BCUT2D eigenvalue weighted by molar-refractivity contribution is 5.83. The lowest BCUT2D eigenvalue weighted by Gasteiger charge is -2.06. The smallest absolute Gasteiger partial charge is 0.294 e. The third kappa shape index (κ3) is 1.89. The summed E-state index contributed by atoms with van der Waals surface area (Å²) in [4.78, 5) is 12.4. The van der Waals surface area contributed by atoms with Crippen LogP contribution in [0.3, 0.4) is 0 Å². The summed E-state index contributed by atoms with van der Waals surface area (Å²) in [5, 5.41) is 10.4. The van der Waals surface area contributed by atoms with Crippen LogP contribution in [-0.2, 0) is 0 Å². The lowest BCUT2D eigenvalue weighted by Crippen LogP contribution is -2.05. The minimum absolute atomic E-state index is 0.211. The van der Waals surface area contributed by atoms with Crippen LogP contribution in [0, 0.1) is 6.92 Å². The molecule has 19 heavy (non-hydrogen) atoms. The number of aryl methyl sites for hydroxylation is 1. The van der Waals surface area contributed by atoms with E-state index in [1.165, 1.54) is 0 Å². The molecule has 3 nitrogen and oxygen atoms in total. The van der Waals surface area contributed by atoms with E-state index in [0.29, 0.717) is 16.5 Å². The topological polar surface area (TPSA) is 50.4 Å². The van der Waals surface area contributed by atoms with Crippen molar-refractivity contribution in [2.45, 2.75) is 6.92 Å². The molecular weight excluding hydrogens is 240 g/mol. The summed E-state index contributed by atoms with van der Waals surface area (Å²) in [6.07, 6.45) is 0. The van der Waals surface area contributed by atoms with Gasteiger partial charge in [0.05, 0.1) is 5.39 Å². The Morgan fingerprint density at radius 1 is 1.05 bits per heavy atom. The van der Waals surface area contributed by atoms with Crippen LogP contribution in [0.25, 0.3) is 22.1 Å². The molecule has 94 valence electrons. The highest BCUT2D eigenvalue weighted by Gasteiger charge is 2.15. The molecule has 1 heterocycles. The van der Waals surface area contributed by atoms with Crippen molar-refractivity contribution < 1.29 is 9.52 Å². The third-order valence-corrected chi connectivity index (χ3v) is 3.09. The van der Waals surface area contributed by atoms with Crippen LogP contribution in [0.4, 0.5) is 0 Å². The van der Waals surface area contributed by atoms with Gasteiger partial charge in [0.1, 0.15) is 11.1 Å². The molecule has 0 aliphatic heterocycles. The maximum atomic E-state index is 12.4. The summed E-state index contributed by atoms with van der Waals surface area (Å²) in [5.41, 5.74) is 2.07. The largest absolute Gasteiger partial charge is 0.480 e. The quantitative estimate of drug-likeness (QED) is 0.721. The van der Waals surface area contributed by atoms with Gasteiger partial charge < -0.3 is 9.52 Å². The first-order valence-electron chi connectivity index (χ1n) is 5.98. The minimum atomic E-state index is -0.339. The average molecular weight is 252 g/mol. The molecule has 0 spiro atoms. The van der Waals surface area contributed by atoms with Gasteiger partial charge in [0.2, 0.25) is 5.43 Å². The van der Waals surface area contributed by atoms with Crippen molar-refractivity contribution in [3.63, 3.8) is 0 Å². The van der Waals surface area contributed by atoms with Gasteiger partial charge in [-0.25, -0.2) is 0 Å². The second-order valence-corrected chi connectivity index (χ2v) is 4.48. The van der Waals surface area contributed by atoms with E-state index in [4.69, 9.17) is 4.42 Å². The zero-order valence-electron chi connectivity index (χ0n) is 10.4. The molecule has 3 heteroatoms. The van der Waals surface area contributed by atoms with Gasteiger partial charge in [-0.05, 0) is 24.6 Å². The summed E-state index contributed by atoms with van der Waals surface area (Å²) in [5.74, 6) is -0.339. The lowest BCUT2D eigenvalue weighted by molar-refractivity contribution is 0.342. The molecule has 3 rings (SSSR count). The van der Waals surface area contributed by atoms with Crippen molar-refractivity contribution in [3.8, 4) is 17.1 Å². The highest BCUT2D eigenvalue weighted by Crippen LogP contribution is 2.29. The minimum Gasteiger partial charge on any atom is -0.480 e. The van der Waals surface area contributed by atoms with Gasteiger partial charge in [-0.1, -0.05) is 42.0 Å². The molecule has 0 bridgehead atoms. The fraction of sp³-hybridized carbons (Fsp3) is 0.0625. The fourth-order valence-corrected chi connectivity index (χ4v) is 2.19. The molecule has 2 aromatic carbocycles. The Bertz CT molecular complexity index is 816. The van der Waals surface area contributed by atoms with E-state index >= 15 is 0 Å². The van der Waals surface area contributed by atoms with Gasteiger partial charge in [-0.2, -0.15) is 0 Å². The molecule has 0 aliphatic rings. The van der Waals surface area contributed by atoms with Crippen molar-refractivity contribution in [2.24, 2.45) is 0 Å². The van der Waals surface area contributed by atoms with Crippen LogP contribution in [0.15, 0.2) is 57.7 Å². The Morgan fingerprint density at radius 2 is 1.84 bits per heavy atom. The van der Waals surface area contributed by atoms with E-state index < -0.39 is 0 Å². The van der Waals surface area contributed by atoms with Crippen molar-refractivity contribution in [3.05, 3.63) is 64.3 Å². The van der Waals surface area contributed by atoms with Crippen LogP contribution in [0.1, 0.15) is 5.56 Å². The van der Waals surface area contributed by atoms with Crippen LogP contribution in [0.2, 0.25) is 0 Å². The molecule has 0 saturated carbocycles. The van der Waals surface area contributed by atoms with Crippen molar-refractivity contribution >= 4 is 11.0 Å². The first kappa shape index (κ1) is 11.5. The van der Waals surface area contributed by atoms with Crippen molar-refractivity contribution in [2.75, 3.05) is 0 Å². The van der Waals surface area contributed by atoms with Crippen LogP contribution >= 0.6 is 0 Å². The summed E-state index contributed by atoms with van der Waals surface area (Å²) < 4.78 is 5.32. The molecule has 3 aromatic rings. The van der Waals surface area contributed by atoms with Crippen molar-refractivity contribution in [1.82, 2.24) is 0 Å². The van der Waals surface area contributed by atoms with Gasteiger partial charge >= 0.3 is 0 Å². The molecule has 0 radical (unpaired) electrons. The molecule has 1 aromatic heterocycles. The van der Waals surface area contributed by atoms with E-state index in [9.17, 15) is 9.90 Å². The molecule has 0 saturated heterocycles. The third-order valence-electron chi connectivity index (χ3n) is 3.09. The van der Waals surface area contributed by atoms with E-state index in [1.807, 2.05) is 25.1 Å². The number of rotatable bonds is 1. The standard InChI is InChI=1S/C16H12O3/c1-10-5-4-6-11(9-10)14-15(17)12-7-2-3-8-13(12)19-16(14)18/h2-9,18H,1H3. The van der Waals surface area contributed by atoms with Gasteiger partial charge in [0, 0.05) is 0 Å². The van der Waals surface area contributed by atoms with Gasteiger partial charge in [0.15, 0.2) is 0 Å². The summed E-state index contributed by atoms with van der Waals surface area (Å²) >= 11 is 0. The monoisotopic (exact) mass is 252 g/mol. The molecule has 1 N–H and O–H groups in total. The van der Waals surface area contributed by atoms with E-state index in [0.717, 1.165) is 5.56 Å². The van der Waals surface area contributed by atoms with Crippen LogP contribution in [-0.4, -0.2) is 5.11 Å². The number of hydrogen-bond acceptors (Lipinski definition) is 3. The molecule has 0 aliphatic carbocycles. The van der Waals surface area contributed by atoms with Crippen LogP contribution in [0.5, 0.6) is 5.95 Å². The number of fused-ring (bicyclic) bond motifs is 1. The SMILES string of the molecule is Cc1cccc(-c2c(O)oc3ccccc3c2=O)c1. The predicted octanol–water partition coefficient (Wildman–Crippen LogP) is 3.47. The zero-order chi connectivity index (χ0) is 13.4. The Morgan fingerprint density at radius 3 is 2.63 bits per heavy atom. The Hall–Kier alpha value is -2.55. The first-order chi connectivity index (χ1) is 9.16. The summed E-state index contributed by atoms with van der Waals surface area (Å²) in [7, 11) is 0. The summed E-state index contributed by atoms with van der Waals surface area (Å²) in [6.45, 7) is 1.93. The molecule has 0 amide bonds. The van der Waals surface area contributed by atoms with Gasteiger partial charge in [-0.3, -0.25) is 4.79 Å². The number of aromatic hydroxyl groups is 1. The highest BCUT2D eigenvalue weighted by atomic mass is 16.5. The van der Waals surface area contributed by atoms with Gasteiger partial charge in [-0.15, -0.1) is 0 Å². The fourth-order valence-electron chi connectivity index (χ4n) is 2.19. The van der Waals surface area contributed by atoms with Crippen LogP contribution < -0.4 is 5.43 Å². The normalized spacial score (nSPS) is 10.8. The zero-order valence-corrected chi connectivity index (χ0v) is 10.4. The second-order valence-electron chi connectivity index (χ2n) is 4.48. The van der Waals surface area contributed by atoms with E-state index in [1.54, 1.807) is 30.3 Å². The predicted molar refractivity (Wildman–Crippen MR) is 74.3 cm³/mol. The molecular formula is C16H12O3. The number of benzene rings is 2. The second kappa shape index (κ2) is 4.28. The van der Waals surface area contributed by atoms with Gasteiger partial charge in [0.25, 0.3) is 5.95 Å². The lowest BCUT2D eigenvalue weighted by atomic mass is 10.0. The van der Waals surface area contributed by atoms with E-state index in [-0.39, 0.29) is 16.9 Å². The number of hydrogen-bond donors (Lipinski definition) is 1. The maximum absolute atomic E-state index is 12.4. The number of para-hydroxylation sites is 1. The molecule has 0 atom stereocenters. The Kier molecular flexibility index (Phi) is 2.60. The van der Waals surface area contributed by atoms with Crippen molar-refractivity contribution in [1.29, 1.82) is 0 Å².